The molecule has 1 aliphatic rings. The van der Waals surface area contributed by atoms with E-state index in [-0.39, 0.29) is 0 Å². The maximum absolute atomic E-state index is 5.88. The van der Waals surface area contributed by atoms with Crippen molar-refractivity contribution in [3.63, 3.8) is 0 Å². The lowest BCUT2D eigenvalue weighted by Crippen LogP contribution is -2.23. The van der Waals surface area contributed by atoms with E-state index in [2.05, 4.69) is 43.2 Å². The summed E-state index contributed by atoms with van der Waals surface area (Å²) in [7, 11) is 0. The average Bonchev–Trinajstić information content (AvgIpc) is 2.86. The molecule has 92 valence electrons. The molecule has 1 fully saturated rings. The van der Waals surface area contributed by atoms with Crippen LogP contribution in [0.25, 0.3) is 0 Å². The van der Waals surface area contributed by atoms with E-state index in [1.54, 1.807) is 0 Å². The van der Waals surface area contributed by atoms with Crippen LogP contribution in [0.5, 0.6) is 0 Å². The molecule has 1 aromatic rings. The van der Waals surface area contributed by atoms with Crippen LogP contribution < -0.4 is 11.1 Å². The Morgan fingerprint density at radius 2 is 2.00 bits per heavy atom. The van der Waals surface area contributed by atoms with Gasteiger partial charge in [0.15, 0.2) is 5.96 Å². The van der Waals surface area contributed by atoms with Crippen molar-refractivity contribution < 1.29 is 0 Å². The minimum absolute atomic E-state index is 0.332. The fourth-order valence-electron chi connectivity index (χ4n) is 1.83. The van der Waals surface area contributed by atoms with Crippen LogP contribution in [-0.4, -0.2) is 12.0 Å². The standard InChI is InChI=1S/C14H21N3/c1-4-10-5-7-11(8-6-10)16-13(15)17-12-9-14(12,2)3/h5-8,12H,4,9H2,1-3H3,(H3,15,16,17)/t12-/m0/s1. The normalized spacial score (nSPS) is 22.3. The number of nitrogens with one attached hydrogen (secondary N) is 1. The highest BCUT2D eigenvalue weighted by atomic mass is 15.1. The van der Waals surface area contributed by atoms with Crippen LogP contribution in [0.3, 0.4) is 0 Å². The smallest absolute Gasteiger partial charge is 0.193 e. The van der Waals surface area contributed by atoms with E-state index in [4.69, 9.17) is 5.73 Å². The third-order valence-electron chi connectivity index (χ3n) is 3.39. The quantitative estimate of drug-likeness (QED) is 0.621. The van der Waals surface area contributed by atoms with Gasteiger partial charge in [-0.1, -0.05) is 32.9 Å². The molecule has 3 heteroatoms. The maximum Gasteiger partial charge on any atom is 0.193 e. The molecule has 1 aliphatic carbocycles. The van der Waals surface area contributed by atoms with E-state index in [0.29, 0.717) is 17.4 Å². The van der Waals surface area contributed by atoms with E-state index in [0.717, 1.165) is 18.5 Å². The number of rotatable bonds is 3. The Kier molecular flexibility index (Phi) is 3.09. The van der Waals surface area contributed by atoms with Crippen molar-refractivity contribution in [1.82, 2.24) is 0 Å². The van der Waals surface area contributed by atoms with E-state index in [1.807, 2.05) is 12.1 Å². The van der Waals surface area contributed by atoms with Gasteiger partial charge in [0.05, 0.1) is 6.04 Å². The molecule has 1 atom stereocenters. The Hall–Kier alpha value is -1.51. The van der Waals surface area contributed by atoms with Gasteiger partial charge in [-0.05, 0) is 36.0 Å². The van der Waals surface area contributed by atoms with Crippen LogP contribution in [0.2, 0.25) is 0 Å². The molecule has 0 unspecified atom stereocenters. The van der Waals surface area contributed by atoms with Crippen LogP contribution in [-0.2, 0) is 6.42 Å². The number of guanidine groups is 1. The topological polar surface area (TPSA) is 50.4 Å². The van der Waals surface area contributed by atoms with Gasteiger partial charge >= 0.3 is 0 Å². The summed E-state index contributed by atoms with van der Waals surface area (Å²) in [6.07, 6.45) is 2.18. The molecule has 0 amide bonds. The summed E-state index contributed by atoms with van der Waals surface area (Å²) >= 11 is 0. The number of hydrogen-bond acceptors (Lipinski definition) is 1. The van der Waals surface area contributed by atoms with Gasteiger partial charge in [0.25, 0.3) is 0 Å². The van der Waals surface area contributed by atoms with Crippen LogP contribution in [0.1, 0.15) is 32.8 Å². The predicted molar refractivity (Wildman–Crippen MR) is 73.3 cm³/mol. The highest BCUT2D eigenvalue weighted by Gasteiger charge is 2.45. The lowest BCUT2D eigenvalue weighted by atomic mass is 10.1. The summed E-state index contributed by atoms with van der Waals surface area (Å²) in [5.74, 6) is 0.518. The first kappa shape index (κ1) is 12.0. The van der Waals surface area contributed by atoms with Gasteiger partial charge in [-0.25, -0.2) is 4.99 Å². The fourth-order valence-corrected chi connectivity index (χ4v) is 1.83. The zero-order chi connectivity index (χ0) is 12.5. The highest BCUT2D eigenvalue weighted by Crippen LogP contribution is 2.47. The van der Waals surface area contributed by atoms with Crippen molar-refractivity contribution in [3.8, 4) is 0 Å². The number of hydrogen-bond donors (Lipinski definition) is 2. The number of benzene rings is 1. The molecular formula is C14H21N3. The zero-order valence-electron chi connectivity index (χ0n) is 10.8. The molecular weight excluding hydrogens is 210 g/mol. The van der Waals surface area contributed by atoms with E-state index in [1.165, 1.54) is 5.56 Å². The maximum atomic E-state index is 5.88. The van der Waals surface area contributed by atoms with Crippen LogP contribution in [0, 0.1) is 5.41 Å². The molecule has 1 aromatic carbocycles. The Bertz CT molecular complexity index is 418. The molecule has 3 N–H and O–H groups in total. The van der Waals surface area contributed by atoms with Gasteiger partial charge in [-0.2, -0.15) is 0 Å². The second-order valence-electron chi connectivity index (χ2n) is 5.40. The van der Waals surface area contributed by atoms with Crippen LogP contribution >= 0.6 is 0 Å². The summed E-state index contributed by atoms with van der Waals surface area (Å²) in [4.78, 5) is 4.46. The molecule has 0 aliphatic heterocycles. The van der Waals surface area contributed by atoms with Crippen molar-refractivity contribution >= 4 is 11.6 Å². The average molecular weight is 231 g/mol. The highest BCUT2D eigenvalue weighted by molar-refractivity contribution is 5.92. The third kappa shape index (κ3) is 2.99. The van der Waals surface area contributed by atoms with E-state index in [9.17, 15) is 0 Å². The van der Waals surface area contributed by atoms with Crippen LogP contribution in [0.15, 0.2) is 29.3 Å². The summed E-state index contributed by atoms with van der Waals surface area (Å²) in [6.45, 7) is 6.57. The summed E-state index contributed by atoms with van der Waals surface area (Å²) < 4.78 is 0. The third-order valence-corrected chi connectivity index (χ3v) is 3.39. The first-order valence-corrected chi connectivity index (χ1v) is 6.20. The fraction of sp³-hybridized carbons (Fsp3) is 0.500. The minimum Gasteiger partial charge on any atom is -0.370 e. The molecule has 0 saturated heterocycles. The molecule has 3 nitrogen and oxygen atoms in total. The van der Waals surface area contributed by atoms with Crippen molar-refractivity contribution in [1.29, 1.82) is 0 Å². The zero-order valence-corrected chi connectivity index (χ0v) is 10.8. The minimum atomic E-state index is 0.332. The second kappa shape index (κ2) is 4.40. The van der Waals surface area contributed by atoms with Crippen molar-refractivity contribution in [2.75, 3.05) is 5.32 Å². The molecule has 0 aromatic heterocycles. The summed E-state index contributed by atoms with van der Waals surface area (Å²) in [5, 5.41) is 3.13. The van der Waals surface area contributed by atoms with Gasteiger partial charge < -0.3 is 11.1 Å². The monoisotopic (exact) mass is 231 g/mol. The van der Waals surface area contributed by atoms with Crippen LogP contribution in [0.4, 0.5) is 5.69 Å². The number of aryl methyl sites for hydroxylation is 1. The Morgan fingerprint density at radius 1 is 1.41 bits per heavy atom. The Morgan fingerprint density at radius 3 is 2.47 bits per heavy atom. The van der Waals surface area contributed by atoms with Gasteiger partial charge in [0, 0.05) is 5.69 Å². The first-order chi connectivity index (χ1) is 8.01. The van der Waals surface area contributed by atoms with Gasteiger partial charge in [0.1, 0.15) is 0 Å². The number of aliphatic imine (C=N–C) groups is 1. The summed E-state index contributed by atoms with van der Waals surface area (Å²) in [5.41, 5.74) is 8.54. The molecule has 0 bridgehead atoms. The van der Waals surface area contributed by atoms with Gasteiger partial charge in [-0.15, -0.1) is 0 Å². The lowest BCUT2D eigenvalue weighted by Gasteiger charge is -2.07. The largest absolute Gasteiger partial charge is 0.370 e. The van der Waals surface area contributed by atoms with Crippen molar-refractivity contribution in [2.45, 2.75) is 39.7 Å². The second-order valence-corrected chi connectivity index (χ2v) is 5.40. The number of anilines is 1. The lowest BCUT2D eigenvalue weighted by molar-refractivity contribution is 0.618. The van der Waals surface area contributed by atoms with E-state index >= 15 is 0 Å². The molecule has 17 heavy (non-hydrogen) atoms. The molecule has 0 spiro atoms. The summed E-state index contributed by atoms with van der Waals surface area (Å²) in [6, 6.07) is 8.68. The predicted octanol–water partition coefficient (Wildman–Crippen LogP) is 2.77. The van der Waals surface area contributed by atoms with Gasteiger partial charge in [-0.3, -0.25) is 0 Å². The SMILES string of the molecule is CCc1ccc(NC(N)=N[C@H]2CC2(C)C)cc1. The Labute approximate surface area is 103 Å². The number of nitrogens with two attached hydrogens (primary N) is 1. The van der Waals surface area contributed by atoms with Gasteiger partial charge in [0.2, 0.25) is 0 Å². The van der Waals surface area contributed by atoms with E-state index < -0.39 is 0 Å². The molecule has 0 heterocycles. The van der Waals surface area contributed by atoms with Crippen molar-refractivity contribution in [2.24, 2.45) is 16.1 Å². The molecule has 2 rings (SSSR count). The molecule has 1 saturated carbocycles. The number of nitrogens with zero attached hydrogens (tertiary/aromatic N) is 1. The Balaban J connectivity index is 1.96. The van der Waals surface area contributed by atoms with Crippen molar-refractivity contribution in [3.05, 3.63) is 29.8 Å². The first-order valence-electron chi connectivity index (χ1n) is 6.20. The molecule has 0 radical (unpaired) electrons.